The van der Waals surface area contributed by atoms with Crippen molar-refractivity contribution in [2.75, 3.05) is 45.9 Å². The maximum absolute atomic E-state index is 5.84. The van der Waals surface area contributed by atoms with E-state index in [1.807, 2.05) is 0 Å². The lowest BCUT2D eigenvalue weighted by atomic mass is 9.79. The van der Waals surface area contributed by atoms with Gasteiger partial charge in [-0.2, -0.15) is 0 Å². The van der Waals surface area contributed by atoms with E-state index in [9.17, 15) is 0 Å². The third kappa shape index (κ3) is 4.71. The molecule has 2 heterocycles. The van der Waals surface area contributed by atoms with Crippen LogP contribution >= 0.6 is 0 Å². The zero-order chi connectivity index (χ0) is 14.5. The Morgan fingerprint density at radius 1 is 1.20 bits per heavy atom. The van der Waals surface area contributed by atoms with E-state index in [2.05, 4.69) is 31.0 Å². The van der Waals surface area contributed by atoms with Gasteiger partial charge in [0, 0.05) is 31.7 Å². The predicted octanol–water partition coefficient (Wildman–Crippen LogP) is 2.90. The molecule has 0 aromatic heterocycles. The summed E-state index contributed by atoms with van der Waals surface area (Å²) in [5, 5.41) is 3.65. The van der Waals surface area contributed by atoms with E-state index in [1.54, 1.807) is 0 Å². The number of nitrogens with zero attached hydrogens (tertiary/aromatic N) is 1. The maximum atomic E-state index is 5.84. The average Bonchev–Trinajstić information content (AvgIpc) is 2.39. The number of hydrogen-bond donors (Lipinski definition) is 1. The van der Waals surface area contributed by atoms with Gasteiger partial charge in [-0.25, -0.2) is 0 Å². The third-order valence-electron chi connectivity index (χ3n) is 4.87. The molecule has 20 heavy (non-hydrogen) atoms. The van der Waals surface area contributed by atoms with Crippen molar-refractivity contribution in [1.29, 1.82) is 0 Å². The van der Waals surface area contributed by atoms with Gasteiger partial charge in [0.2, 0.25) is 0 Å². The van der Waals surface area contributed by atoms with Crippen molar-refractivity contribution < 1.29 is 4.74 Å². The van der Waals surface area contributed by atoms with E-state index in [0.717, 1.165) is 26.3 Å². The van der Waals surface area contributed by atoms with Crippen LogP contribution in [0.25, 0.3) is 0 Å². The van der Waals surface area contributed by atoms with E-state index >= 15 is 0 Å². The molecule has 1 atom stereocenters. The first kappa shape index (κ1) is 16.3. The molecule has 2 fully saturated rings. The fraction of sp³-hybridized carbons (Fsp3) is 1.00. The van der Waals surface area contributed by atoms with E-state index in [0.29, 0.717) is 10.8 Å². The first-order valence-corrected chi connectivity index (χ1v) is 8.56. The minimum atomic E-state index is 0.348. The van der Waals surface area contributed by atoms with Crippen LogP contribution in [0.5, 0.6) is 0 Å². The minimum absolute atomic E-state index is 0.348. The molecule has 0 aliphatic carbocycles. The van der Waals surface area contributed by atoms with Crippen molar-refractivity contribution >= 4 is 0 Å². The highest BCUT2D eigenvalue weighted by atomic mass is 16.5. The highest BCUT2D eigenvalue weighted by Gasteiger charge is 2.37. The topological polar surface area (TPSA) is 24.5 Å². The van der Waals surface area contributed by atoms with Crippen LogP contribution in [0.4, 0.5) is 0 Å². The second-order valence-corrected chi connectivity index (χ2v) is 7.81. The van der Waals surface area contributed by atoms with Crippen LogP contribution in [-0.4, -0.2) is 50.8 Å². The molecule has 1 N–H and O–H groups in total. The third-order valence-corrected chi connectivity index (χ3v) is 4.87. The van der Waals surface area contributed by atoms with E-state index in [-0.39, 0.29) is 0 Å². The van der Waals surface area contributed by atoms with Crippen LogP contribution in [0.3, 0.4) is 0 Å². The Bertz CT molecular complexity index is 285. The molecule has 3 nitrogen and oxygen atoms in total. The van der Waals surface area contributed by atoms with Crippen molar-refractivity contribution in [3.05, 3.63) is 0 Å². The summed E-state index contributed by atoms with van der Waals surface area (Å²) in [6.45, 7) is 15.0. The summed E-state index contributed by atoms with van der Waals surface area (Å²) in [6, 6.07) is 0. The van der Waals surface area contributed by atoms with Crippen molar-refractivity contribution in [3.8, 4) is 0 Å². The molecule has 0 saturated carbocycles. The summed E-state index contributed by atoms with van der Waals surface area (Å²) in [5.74, 6) is 0. The number of hydrogen-bond acceptors (Lipinski definition) is 3. The van der Waals surface area contributed by atoms with Crippen LogP contribution in [-0.2, 0) is 4.74 Å². The highest BCUT2D eigenvalue weighted by molar-refractivity contribution is 4.90. The molecule has 0 aromatic rings. The molecule has 0 bridgehead atoms. The molecule has 2 saturated heterocycles. The summed E-state index contributed by atoms with van der Waals surface area (Å²) in [7, 11) is 0. The number of rotatable bonds is 6. The van der Waals surface area contributed by atoms with Gasteiger partial charge in [-0.05, 0) is 50.6 Å². The first-order valence-electron chi connectivity index (χ1n) is 8.56. The van der Waals surface area contributed by atoms with Gasteiger partial charge in [0.15, 0.2) is 0 Å². The average molecular weight is 282 g/mol. The van der Waals surface area contributed by atoms with E-state index in [1.165, 1.54) is 51.7 Å². The Kier molecular flexibility index (Phi) is 5.88. The van der Waals surface area contributed by atoms with Crippen LogP contribution in [0.15, 0.2) is 0 Å². The molecule has 0 amide bonds. The minimum Gasteiger partial charge on any atom is -0.381 e. The van der Waals surface area contributed by atoms with Crippen molar-refractivity contribution in [3.63, 3.8) is 0 Å². The first-order chi connectivity index (χ1) is 9.55. The Labute approximate surface area is 125 Å². The molecule has 2 aliphatic rings. The van der Waals surface area contributed by atoms with Crippen molar-refractivity contribution in [2.24, 2.45) is 10.8 Å². The van der Waals surface area contributed by atoms with Gasteiger partial charge in [0.05, 0.1) is 6.61 Å². The zero-order valence-corrected chi connectivity index (χ0v) is 13.8. The highest BCUT2D eigenvalue weighted by Crippen LogP contribution is 2.34. The fourth-order valence-corrected chi connectivity index (χ4v) is 3.91. The smallest absolute Gasteiger partial charge is 0.0546 e. The Morgan fingerprint density at radius 3 is 2.70 bits per heavy atom. The number of ether oxygens (including phenoxy) is 1. The van der Waals surface area contributed by atoms with Crippen LogP contribution in [0.1, 0.15) is 52.9 Å². The molecule has 0 aromatic carbocycles. The Morgan fingerprint density at radius 2 is 2.05 bits per heavy atom. The standard InChI is InChI=1S/C17H34N2O/c1-4-9-18-12-17(8-6-11-20-15-17)14-19-10-5-7-16(2,3)13-19/h18H,4-15H2,1-3H3. The van der Waals surface area contributed by atoms with Crippen LogP contribution < -0.4 is 5.32 Å². The monoisotopic (exact) mass is 282 g/mol. The lowest BCUT2D eigenvalue weighted by Crippen LogP contribution is -2.52. The van der Waals surface area contributed by atoms with Crippen molar-refractivity contribution in [1.82, 2.24) is 10.2 Å². The summed E-state index contributed by atoms with van der Waals surface area (Å²) >= 11 is 0. The Balaban J connectivity index is 1.92. The molecule has 0 spiro atoms. The normalized spacial score (nSPS) is 31.4. The summed E-state index contributed by atoms with van der Waals surface area (Å²) < 4.78 is 5.84. The van der Waals surface area contributed by atoms with Gasteiger partial charge in [-0.15, -0.1) is 0 Å². The number of piperidine rings is 1. The second-order valence-electron chi connectivity index (χ2n) is 7.81. The van der Waals surface area contributed by atoms with Crippen LogP contribution in [0, 0.1) is 10.8 Å². The van der Waals surface area contributed by atoms with E-state index < -0.39 is 0 Å². The zero-order valence-electron chi connectivity index (χ0n) is 13.8. The Hall–Kier alpha value is -0.120. The SMILES string of the molecule is CCCNCC1(CN2CCCC(C)(C)C2)CCCOC1. The fourth-order valence-electron chi connectivity index (χ4n) is 3.91. The quantitative estimate of drug-likeness (QED) is 0.758. The van der Waals surface area contributed by atoms with Gasteiger partial charge in [0.1, 0.15) is 0 Å². The second kappa shape index (κ2) is 7.24. The molecular weight excluding hydrogens is 248 g/mol. The van der Waals surface area contributed by atoms with Gasteiger partial charge in [-0.3, -0.25) is 0 Å². The molecule has 0 radical (unpaired) electrons. The summed E-state index contributed by atoms with van der Waals surface area (Å²) in [4.78, 5) is 2.70. The van der Waals surface area contributed by atoms with Crippen molar-refractivity contribution in [2.45, 2.75) is 52.9 Å². The number of likely N-dealkylation sites (tertiary alicyclic amines) is 1. The molecule has 3 heteroatoms. The van der Waals surface area contributed by atoms with E-state index in [4.69, 9.17) is 4.74 Å². The largest absolute Gasteiger partial charge is 0.381 e. The summed E-state index contributed by atoms with van der Waals surface area (Å²) in [5.41, 5.74) is 0.840. The van der Waals surface area contributed by atoms with Gasteiger partial charge in [0.25, 0.3) is 0 Å². The lowest BCUT2D eigenvalue weighted by Gasteiger charge is -2.45. The summed E-state index contributed by atoms with van der Waals surface area (Å²) in [6.07, 6.45) is 6.49. The van der Waals surface area contributed by atoms with Gasteiger partial charge < -0.3 is 15.0 Å². The van der Waals surface area contributed by atoms with Gasteiger partial charge >= 0.3 is 0 Å². The van der Waals surface area contributed by atoms with Crippen LogP contribution in [0.2, 0.25) is 0 Å². The maximum Gasteiger partial charge on any atom is 0.0546 e. The molecule has 118 valence electrons. The molecule has 1 unspecified atom stereocenters. The predicted molar refractivity (Wildman–Crippen MR) is 85.1 cm³/mol. The molecular formula is C17H34N2O. The lowest BCUT2D eigenvalue weighted by molar-refractivity contribution is -0.0368. The van der Waals surface area contributed by atoms with Gasteiger partial charge in [-0.1, -0.05) is 20.8 Å². The molecule has 2 aliphatic heterocycles. The number of nitrogens with one attached hydrogen (secondary N) is 1. The molecule has 2 rings (SSSR count).